The van der Waals surface area contributed by atoms with Gasteiger partial charge in [-0.2, -0.15) is 0 Å². The highest BCUT2D eigenvalue weighted by atomic mass is 19.1. The highest BCUT2D eigenvalue weighted by Gasteiger charge is 2.23. The molecule has 3 rings (SSSR count). The van der Waals surface area contributed by atoms with Crippen molar-refractivity contribution in [2.24, 2.45) is 0 Å². The lowest BCUT2D eigenvalue weighted by Gasteiger charge is -2.20. The van der Waals surface area contributed by atoms with E-state index in [1.54, 1.807) is 24.3 Å². The third-order valence-corrected chi connectivity index (χ3v) is 4.31. The number of aliphatic hydroxyl groups is 1. The number of rotatable bonds is 8. The molecular weight excluding hydrogens is 383 g/mol. The number of hydrogen-bond acceptors (Lipinski definition) is 6. The molecule has 0 fully saturated rings. The van der Waals surface area contributed by atoms with Crippen LogP contribution in [0.5, 0.6) is 0 Å². The van der Waals surface area contributed by atoms with Gasteiger partial charge in [0.25, 0.3) is 0 Å². The molecule has 0 aliphatic heterocycles. The first kappa shape index (κ1) is 20.5. The molecule has 29 heavy (non-hydrogen) atoms. The van der Waals surface area contributed by atoms with Gasteiger partial charge < -0.3 is 15.7 Å². The summed E-state index contributed by atoms with van der Waals surface area (Å²) in [7, 11) is 0. The highest BCUT2D eigenvalue weighted by Crippen LogP contribution is 2.27. The van der Waals surface area contributed by atoms with Gasteiger partial charge in [0.2, 0.25) is 0 Å². The molecule has 0 saturated heterocycles. The number of aromatic nitrogens is 2. The lowest BCUT2D eigenvalue weighted by Crippen LogP contribution is -2.24. The van der Waals surface area contributed by atoms with Crippen LogP contribution in [0.25, 0.3) is 0 Å². The minimum absolute atomic E-state index is 0.0353. The molecule has 6 nitrogen and oxygen atoms in total. The fourth-order valence-electron chi connectivity index (χ4n) is 2.87. The lowest BCUT2D eigenvalue weighted by molar-refractivity contribution is 0.310. The Morgan fingerprint density at radius 2 is 1.93 bits per heavy atom. The van der Waals surface area contributed by atoms with Crippen LogP contribution in [-0.4, -0.2) is 33.9 Å². The van der Waals surface area contributed by atoms with Crippen molar-refractivity contribution in [1.82, 2.24) is 15.3 Å². The summed E-state index contributed by atoms with van der Waals surface area (Å²) >= 11 is 0. The van der Waals surface area contributed by atoms with Crippen LogP contribution in [0.1, 0.15) is 24.2 Å². The predicted molar refractivity (Wildman–Crippen MR) is 103 cm³/mol. The van der Waals surface area contributed by atoms with Crippen LogP contribution in [0.15, 0.2) is 53.6 Å². The van der Waals surface area contributed by atoms with E-state index in [0.29, 0.717) is 12.0 Å². The third-order valence-electron chi connectivity index (χ3n) is 4.31. The SMILES string of the molecule is N=C(C1=CCCC(F)=C1NCc1ccccc1F)c1ncc(F)c(NCCO)n1. The van der Waals surface area contributed by atoms with E-state index in [1.807, 2.05) is 0 Å². The number of anilines is 1. The van der Waals surface area contributed by atoms with Crippen molar-refractivity contribution in [3.63, 3.8) is 0 Å². The first-order chi connectivity index (χ1) is 14.0. The summed E-state index contributed by atoms with van der Waals surface area (Å²) in [5.74, 6) is -1.86. The van der Waals surface area contributed by atoms with E-state index >= 15 is 0 Å². The second-order valence-corrected chi connectivity index (χ2v) is 6.30. The zero-order valence-electron chi connectivity index (χ0n) is 15.5. The van der Waals surface area contributed by atoms with Crippen LogP contribution in [0, 0.1) is 17.0 Å². The van der Waals surface area contributed by atoms with Crippen molar-refractivity contribution >= 4 is 11.5 Å². The van der Waals surface area contributed by atoms with E-state index in [9.17, 15) is 13.2 Å². The monoisotopic (exact) mass is 403 g/mol. The number of halogens is 3. The van der Waals surface area contributed by atoms with Crippen molar-refractivity contribution in [2.45, 2.75) is 19.4 Å². The topological polar surface area (TPSA) is 93.9 Å². The Labute approximate surface area is 165 Å². The molecule has 0 amide bonds. The molecule has 2 aromatic rings. The van der Waals surface area contributed by atoms with Crippen LogP contribution in [0.4, 0.5) is 19.0 Å². The number of nitrogens with one attached hydrogen (secondary N) is 3. The van der Waals surface area contributed by atoms with Gasteiger partial charge in [0.15, 0.2) is 17.5 Å². The molecule has 0 spiro atoms. The molecular formula is C20H20F3N5O. The summed E-state index contributed by atoms with van der Waals surface area (Å²) in [6, 6.07) is 6.14. The molecule has 0 saturated carbocycles. The summed E-state index contributed by atoms with van der Waals surface area (Å²) in [6.07, 6.45) is 3.12. The summed E-state index contributed by atoms with van der Waals surface area (Å²) in [5.41, 5.74) is 0.466. The lowest BCUT2D eigenvalue weighted by atomic mass is 9.97. The van der Waals surface area contributed by atoms with Crippen molar-refractivity contribution in [3.05, 3.63) is 76.7 Å². The number of allylic oxidation sites excluding steroid dienone is 3. The van der Waals surface area contributed by atoms with Crippen LogP contribution in [0.3, 0.4) is 0 Å². The molecule has 0 atom stereocenters. The molecule has 0 unspecified atom stereocenters. The van der Waals surface area contributed by atoms with Gasteiger partial charge in [0.05, 0.1) is 18.5 Å². The maximum Gasteiger partial charge on any atom is 0.183 e. The van der Waals surface area contributed by atoms with Crippen molar-refractivity contribution in [1.29, 1.82) is 5.41 Å². The van der Waals surface area contributed by atoms with Gasteiger partial charge in [-0.25, -0.2) is 23.1 Å². The normalized spacial score (nSPS) is 13.9. The molecule has 1 aliphatic rings. The first-order valence-corrected chi connectivity index (χ1v) is 9.04. The number of hydrogen-bond donors (Lipinski definition) is 4. The van der Waals surface area contributed by atoms with Crippen molar-refractivity contribution < 1.29 is 18.3 Å². The largest absolute Gasteiger partial charge is 0.395 e. The van der Waals surface area contributed by atoms with Crippen LogP contribution in [0.2, 0.25) is 0 Å². The molecule has 9 heteroatoms. The first-order valence-electron chi connectivity index (χ1n) is 9.04. The molecule has 1 aromatic heterocycles. The Balaban J connectivity index is 1.83. The number of benzene rings is 1. The van der Waals surface area contributed by atoms with E-state index in [1.165, 1.54) is 6.07 Å². The molecule has 4 N–H and O–H groups in total. The van der Waals surface area contributed by atoms with Gasteiger partial charge in [-0.3, -0.25) is 5.41 Å². The van der Waals surface area contributed by atoms with E-state index < -0.39 is 17.5 Å². The Kier molecular flexibility index (Phi) is 6.61. The van der Waals surface area contributed by atoms with E-state index in [0.717, 1.165) is 6.20 Å². The molecule has 0 bridgehead atoms. The van der Waals surface area contributed by atoms with E-state index in [2.05, 4.69) is 20.6 Å². The second kappa shape index (κ2) is 9.33. The third kappa shape index (κ3) is 4.80. The maximum absolute atomic E-state index is 14.5. The van der Waals surface area contributed by atoms with Gasteiger partial charge in [-0.05, 0) is 12.5 Å². The maximum atomic E-state index is 14.5. The summed E-state index contributed by atoms with van der Waals surface area (Å²) in [4.78, 5) is 7.80. The summed E-state index contributed by atoms with van der Waals surface area (Å²) in [6.45, 7) is -0.111. The zero-order chi connectivity index (χ0) is 20.8. The second-order valence-electron chi connectivity index (χ2n) is 6.30. The fraction of sp³-hybridized carbons (Fsp3) is 0.250. The van der Waals surface area contributed by atoms with Gasteiger partial charge >= 0.3 is 0 Å². The molecule has 0 radical (unpaired) electrons. The summed E-state index contributed by atoms with van der Waals surface area (Å²) in [5, 5.41) is 22.7. The van der Waals surface area contributed by atoms with Crippen LogP contribution in [-0.2, 0) is 6.54 Å². The van der Waals surface area contributed by atoms with Crippen molar-refractivity contribution in [2.75, 3.05) is 18.5 Å². The van der Waals surface area contributed by atoms with Gasteiger partial charge in [0, 0.05) is 30.6 Å². The number of aliphatic hydroxyl groups excluding tert-OH is 1. The van der Waals surface area contributed by atoms with Crippen molar-refractivity contribution in [3.8, 4) is 0 Å². The van der Waals surface area contributed by atoms with Crippen LogP contribution < -0.4 is 10.6 Å². The Morgan fingerprint density at radius 1 is 1.14 bits per heavy atom. The quantitative estimate of drug-likeness (QED) is 0.508. The van der Waals surface area contributed by atoms with E-state index in [4.69, 9.17) is 10.5 Å². The minimum Gasteiger partial charge on any atom is -0.395 e. The van der Waals surface area contributed by atoms with Crippen LogP contribution >= 0.6 is 0 Å². The Bertz CT molecular complexity index is 974. The number of nitrogens with zero attached hydrogens (tertiary/aromatic N) is 2. The fourth-order valence-corrected chi connectivity index (χ4v) is 2.87. The molecule has 1 aromatic carbocycles. The Morgan fingerprint density at radius 3 is 2.69 bits per heavy atom. The average molecular weight is 403 g/mol. The smallest absolute Gasteiger partial charge is 0.183 e. The zero-order valence-corrected chi connectivity index (χ0v) is 15.5. The molecule has 152 valence electrons. The standard InChI is InChI=1S/C20H20F3N5O/c21-14-6-2-1-4-12(14)10-26-18-13(5-3-7-15(18)22)17(24)20-27-11-16(23)19(28-20)25-8-9-29/h1-2,4-6,11,24,26,29H,3,7-10H2,(H,25,27,28). The van der Waals surface area contributed by atoms with Gasteiger partial charge in [-0.1, -0.05) is 24.3 Å². The van der Waals surface area contributed by atoms with Gasteiger partial charge in [-0.15, -0.1) is 0 Å². The highest BCUT2D eigenvalue weighted by molar-refractivity contribution is 6.11. The Hall–Kier alpha value is -3.20. The minimum atomic E-state index is -0.729. The predicted octanol–water partition coefficient (Wildman–Crippen LogP) is 3.22. The van der Waals surface area contributed by atoms with Gasteiger partial charge in [0.1, 0.15) is 17.4 Å². The molecule has 1 aliphatic carbocycles. The van der Waals surface area contributed by atoms with E-state index in [-0.39, 0.29) is 54.7 Å². The summed E-state index contributed by atoms with van der Waals surface area (Å²) < 4.78 is 42.2. The average Bonchev–Trinajstić information content (AvgIpc) is 2.72. The molecule has 1 heterocycles.